The van der Waals surface area contributed by atoms with Crippen molar-refractivity contribution >= 4 is 23.3 Å². The molecule has 118 valence electrons. The van der Waals surface area contributed by atoms with Crippen molar-refractivity contribution in [3.63, 3.8) is 0 Å². The summed E-state index contributed by atoms with van der Waals surface area (Å²) >= 11 is 5.52. The molecule has 0 spiro atoms. The Labute approximate surface area is 127 Å². The predicted octanol–water partition coefficient (Wildman–Crippen LogP) is 1.42. The van der Waals surface area contributed by atoms with Crippen molar-refractivity contribution in [2.75, 3.05) is 39.1 Å². The van der Waals surface area contributed by atoms with E-state index in [4.69, 9.17) is 25.8 Å². The number of aliphatic hydroxyl groups is 1. The van der Waals surface area contributed by atoms with Crippen molar-refractivity contribution in [1.82, 2.24) is 0 Å². The molecule has 0 saturated carbocycles. The number of aliphatic hydroxyl groups excluding tert-OH is 1. The number of anilines is 1. The van der Waals surface area contributed by atoms with Crippen molar-refractivity contribution < 1.29 is 29.2 Å². The van der Waals surface area contributed by atoms with E-state index in [1.807, 2.05) is 0 Å². The number of carboxylic acids is 1. The third-order valence-corrected chi connectivity index (χ3v) is 3.11. The Morgan fingerprint density at radius 1 is 1.29 bits per heavy atom. The van der Waals surface area contributed by atoms with Crippen LogP contribution < -0.4 is 19.5 Å². The van der Waals surface area contributed by atoms with E-state index in [2.05, 4.69) is 5.32 Å². The fraction of sp³-hybridized carbons (Fsp3) is 0.462. The van der Waals surface area contributed by atoms with Crippen LogP contribution >= 0.6 is 11.6 Å². The van der Waals surface area contributed by atoms with E-state index in [0.717, 1.165) is 0 Å². The maximum atomic E-state index is 11.4. The molecule has 0 fully saturated rings. The quantitative estimate of drug-likeness (QED) is 0.623. The van der Waals surface area contributed by atoms with Gasteiger partial charge in [0.2, 0.25) is 5.75 Å². The third-order valence-electron chi connectivity index (χ3n) is 2.75. The number of aromatic carboxylic acids is 1. The first-order valence-electron chi connectivity index (χ1n) is 6.04. The molecule has 0 heterocycles. The van der Waals surface area contributed by atoms with E-state index in [1.165, 1.54) is 27.4 Å². The van der Waals surface area contributed by atoms with E-state index in [9.17, 15) is 15.0 Å². The zero-order valence-corrected chi connectivity index (χ0v) is 12.7. The summed E-state index contributed by atoms with van der Waals surface area (Å²) in [7, 11) is 4.19. The molecule has 1 atom stereocenters. The Hall–Kier alpha value is -1.86. The molecule has 0 aliphatic rings. The van der Waals surface area contributed by atoms with E-state index >= 15 is 0 Å². The predicted molar refractivity (Wildman–Crippen MR) is 78.3 cm³/mol. The standard InChI is InChI=1S/C13H18ClNO6/c1-19-9-4-8(13(17)18)10(15-6-7(16)5-14)12(21-3)11(9)20-2/h4,7,15-16H,5-6H2,1-3H3,(H,17,18). The van der Waals surface area contributed by atoms with Gasteiger partial charge >= 0.3 is 5.97 Å². The largest absolute Gasteiger partial charge is 0.493 e. The summed E-state index contributed by atoms with van der Waals surface area (Å²) in [5.74, 6) is -0.485. The molecule has 1 unspecified atom stereocenters. The monoisotopic (exact) mass is 319 g/mol. The van der Waals surface area contributed by atoms with Gasteiger partial charge in [0.1, 0.15) is 0 Å². The Bertz CT molecular complexity index is 508. The lowest BCUT2D eigenvalue weighted by Crippen LogP contribution is -2.22. The summed E-state index contributed by atoms with van der Waals surface area (Å²) in [6.07, 6.45) is -0.828. The van der Waals surface area contributed by atoms with Gasteiger partial charge in [-0.15, -0.1) is 11.6 Å². The number of carboxylic acid groups (broad SMARTS) is 1. The molecule has 8 heteroatoms. The van der Waals surface area contributed by atoms with Crippen LogP contribution in [0.2, 0.25) is 0 Å². The fourth-order valence-corrected chi connectivity index (χ4v) is 1.88. The molecule has 3 N–H and O–H groups in total. The van der Waals surface area contributed by atoms with Crippen LogP contribution in [0.15, 0.2) is 6.07 Å². The minimum Gasteiger partial charge on any atom is -0.493 e. The van der Waals surface area contributed by atoms with Gasteiger partial charge in [-0.3, -0.25) is 0 Å². The van der Waals surface area contributed by atoms with Crippen molar-refractivity contribution in [3.8, 4) is 17.2 Å². The number of carbonyl (C=O) groups is 1. The number of alkyl halides is 1. The van der Waals surface area contributed by atoms with Crippen LogP contribution in [0, 0.1) is 0 Å². The number of hydrogen-bond acceptors (Lipinski definition) is 6. The summed E-state index contributed by atoms with van der Waals surface area (Å²) in [6.45, 7) is 0.0651. The van der Waals surface area contributed by atoms with Crippen LogP contribution in [-0.2, 0) is 0 Å². The van der Waals surface area contributed by atoms with Crippen LogP contribution in [0.3, 0.4) is 0 Å². The van der Waals surface area contributed by atoms with Gasteiger partial charge in [0.15, 0.2) is 11.5 Å². The molecule has 1 aromatic rings. The Morgan fingerprint density at radius 2 is 1.90 bits per heavy atom. The highest BCUT2D eigenvalue weighted by Gasteiger charge is 2.24. The summed E-state index contributed by atoms with van der Waals surface area (Å²) < 4.78 is 15.5. The Kier molecular flexibility index (Phi) is 6.39. The lowest BCUT2D eigenvalue weighted by atomic mass is 10.1. The van der Waals surface area contributed by atoms with Crippen molar-refractivity contribution in [1.29, 1.82) is 0 Å². The first-order valence-corrected chi connectivity index (χ1v) is 6.57. The fourth-order valence-electron chi connectivity index (χ4n) is 1.77. The van der Waals surface area contributed by atoms with Crippen molar-refractivity contribution in [2.24, 2.45) is 0 Å². The summed E-state index contributed by atoms with van der Waals surface area (Å²) in [4.78, 5) is 11.4. The number of nitrogens with one attached hydrogen (secondary N) is 1. The Morgan fingerprint density at radius 3 is 2.33 bits per heavy atom. The topological polar surface area (TPSA) is 97.3 Å². The highest BCUT2D eigenvalue weighted by Crippen LogP contribution is 2.45. The molecule has 0 aliphatic heterocycles. The molecule has 0 bridgehead atoms. The van der Waals surface area contributed by atoms with Gasteiger partial charge in [0, 0.05) is 12.6 Å². The molecule has 0 saturated heterocycles. The number of methoxy groups -OCH3 is 3. The number of benzene rings is 1. The normalized spacial score (nSPS) is 11.7. The van der Waals surface area contributed by atoms with Gasteiger partial charge in [-0.05, 0) is 0 Å². The van der Waals surface area contributed by atoms with Gasteiger partial charge in [-0.2, -0.15) is 0 Å². The maximum absolute atomic E-state index is 11.4. The minimum atomic E-state index is -1.17. The molecule has 1 rings (SSSR count). The average Bonchev–Trinajstić information content (AvgIpc) is 2.50. The lowest BCUT2D eigenvalue weighted by molar-refractivity contribution is 0.0697. The van der Waals surface area contributed by atoms with E-state index in [1.54, 1.807) is 0 Å². The number of halogens is 1. The lowest BCUT2D eigenvalue weighted by Gasteiger charge is -2.20. The van der Waals surface area contributed by atoms with Crippen LogP contribution in [0.5, 0.6) is 17.2 Å². The molecule has 0 aromatic heterocycles. The molecule has 1 aromatic carbocycles. The van der Waals surface area contributed by atoms with Crippen LogP contribution in [-0.4, -0.2) is 56.0 Å². The minimum absolute atomic E-state index is 0.0189. The highest BCUT2D eigenvalue weighted by atomic mass is 35.5. The zero-order chi connectivity index (χ0) is 16.0. The van der Waals surface area contributed by atoms with Crippen molar-refractivity contribution in [3.05, 3.63) is 11.6 Å². The van der Waals surface area contributed by atoms with Gasteiger partial charge in [-0.1, -0.05) is 0 Å². The van der Waals surface area contributed by atoms with Gasteiger partial charge < -0.3 is 29.7 Å². The van der Waals surface area contributed by atoms with E-state index < -0.39 is 12.1 Å². The second kappa shape index (κ2) is 7.80. The summed E-state index contributed by atoms with van der Waals surface area (Å²) in [5, 5.41) is 21.6. The van der Waals surface area contributed by atoms with Crippen LogP contribution in [0.25, 0.3) is 0 Å². The second-order valence-corrected chi connectivity index (χ2v) is 4.37. The average molecular weight is 320 g/mol. The number of rotatable bonds is 8. The summed E-state index contributed by atoms with van der Waals surface area (Å²) in [5.41, 5.74) is 0.123. The van der Waals surface area contributed by atoms with Gasteiger partial charge in [0.25, 0.3) is 0 Å². The molecule has 7 nitrogen and oxygen atoms in total. The Balaban J connectivity index is 3.38. The molecular weight excluding hydrogens is 302 g/mol. The first kappa shape index (κ1) is 17.2. The number of hydrogen-bond donors (Lipinski definition) is 3. The SMILES string of the molecule is COc1cc(C(=O)O)c(NCC(O)CCl)c(OC)c1OC. The molecule has 0 amide bonds. The van der Waals surface area contributed by atoms with Crippen LogP contribution in [0.1, 0.15) is 10.4 Å². The molecule has 0 aliphatic carbocycles. The number of ether oxygens (including phenoxy) is 3. The molecular formula is C13H18ClNO6. The molecule has 0 radical (unpaired) electrons. The summed E-state index contributed by atoms with van der Waals surface area (Å²) in [6, 6.07) is 1.32. The van der Waals surface area contributed by atoms with E-state index in [0.29, 0.717) is 0 Å². The maximum Gasteiger partial charge on any atom is 0.338 e. The van der Waals surface area contributed by atoms with Gasteiger partial charge in [0.05, 0.1) is 44.6 Å². The van der Waals surface area contributed by atoms with Crippen LogP contribution in [0.4, 0.5) is 5.69 Å². The van der Waals surface area contributed by atoms with Gasteiger partial charge in [-0.25, -0.2) is 4.79 Å². The second-order valence-electron chi connectivity index (χ2n) is 4.06. The first-order chi connectivity index (χ1) is 9.99. The van der Waals surface area contributed by atoms with E-state index in [-0.39, 0.29) is 40.9 Å². The zero-order valence-electron chi connectivity index (χ0n) is 12.0. The smallest absolute Gasteiger partial charge is 0.338 e. The third kappa shape index (κ3) is 3.83. The molecule has 21 heavy (non-hydrogen) atoms. The highest BCUT2D eigenvalue weighted by molar-refractivity contribution is 6.18. The van der Waals surface area contributed by atoms with Crippen molar-refractivity contribution in [2.45, 2.75) is 6.10 Å².